The van der Waals surface area contributed by atoms with E-state index in [0.717, 1.165) is 36.5 Å². The maximum absolute atomic E-state index is 10.7. The molecule has 0 radical (unpaired) electrons. The van der Waals surface area contributed by atoms with Crippen LogP contribution in [0.15, 0.2) is 78.9 Å². The monoisotopic (exact) mass is 415 g/mol. The number of aliphatic hydroxyl groups excluding tert-OH is 1. The summed E-state index contributed by atoms with van der Waals surface area (Å²) in [5.74, 6) is 1.17. The predicted octanol–water partition coefficient (Wildman–Crippen LogP) is 5.56. The summed E-state index contributed by atoms with van der Waals surface area (Å²) in [6, 6.07) is 27.4. The van der Waals surface area contributed by atoms with Gasteiger partial charge in [0.25, 0.3) is 0 Å². The van der Waals surface area contributed by atoms with E-state index in [2.05, 4.69) is 79.4 Å². The van der Waals surface area contributed by atoms with Crippen LogP contribution < -0.4 is 4.74 Å². The van der Waals surface area contributed by atoms with E-state index in [1.807, 2.05) is 25.1 Å². The standard InChI is InChI=1S/C28H33NO2/c1-21-14-15-25(16-27(21)31-19-24-12-8-5-9-13-24)26-18-29(20-28(26,3)22(2)30)17-23-10-6-4-7-11-23/h4-16,22,26,30H,17-20H2,1-3H3/t22-,26+,28+/m1/s1. The minimum Gasteiger partial charge on any atom is -0.489 e. The van der Waals surface area contributed by atoms with Gasteiger partial charge in [-0.15, -0.1) is 0 Å². The third-order valence-corrected chi connectivity index (χ3v) is 6.86. The number of ether oxygens (including phenoxy) is 1. The van der Waals surface area contributed by atoms with E-state index >= 15 is 0 Å². The Hall–Kier alpha value is -2.62. The topological polar surface area (TPSA) is 32.7 Å². The highest BCUT2D eigenvalue weighted by atomic mass is 16.5. The van der Waals surface area contributed by atoms with Crippen LogP contribution in [0.1, 0.15) is 42.0 Å². The fourth-order valence-electron chi connectivity index (χ4n) is 4.72. The van der Waals surface area contributed by atoms with Crippen LogP contribution in [0.4, 0.5) is 0 Å². The number of nitrogens with zero attached hydrogens (tertiary/aromatic N) is 1. The van der Waals surface area contributed by atoms with E-state index in [-0.39, 0.29) is 11.3 Å². The smallest absolute Gasteiger partial charge is 0.123 e. The van der Waals surface area contributed by atoms with Gasteiger partial charge in [0.05, 0.1) is 6.10 Å². The molecule has 3 heteroatoms. The Morgan fingerprint density at radius 1 is 1.00 bits per heavy atom. The molecule has 3 aromatic carbocycles. The van der Waals surface area contributed by atoms with E-state index in [1.165, 1.54) is 11.1 Å². The molecule has 3 aromatic rings. The highest BCUT2D eigenvalue weighted by Gasteiger charge is 2.46. The molecule has 0 amide bonds. The zero-order chi connectivity index (χ0) is 21.8. The number of aliphatic hydroxyl groups is 1. The fraction of sp³-hybridized carbons (Fsp3) is 0.357. The molecule has 3 nitrogen and oxygen atoms in total. The molecule has 1 N–H and O–H groups in total. The average molecular weight is 416 g/mol. The molecule has 4 rings (SSSR count). The number of aryl methyl sites for hydroxylation is 1. The molecule has 31 heavy (non-hydrogen) atoms. The summed E-state index contributed by atoms with van der Waals surface area (Å²) in [5.41, 5.74) is 4.65. The number of likely N-dealkylation sites (tertiary alicyclic amines) is 1. The van der Waals surface area contributed by atoms with Crippen molar-refractivity contribution in [2.75, 3.05) is 13.1 Å². The van der Waals surface area contributed by atoms with Gasteiger partial charge >= 0.3 is 0 Å². The second-order valence-electron chi connectivity index (χ2n) is 9.19. The molecule has 1 fully saturated rings. The number of benzene rings is 3. The fourth-order valence-corrected chi connectivity index (χ4v) is 4.72. The largest absolute Gasteiger partial charge is 0.489 e. The Morgan fingerprint density at radius 3 is 2.29 bits per heavy atom. The molecular weight excluding hydrogens is 382 g/mol. The first-order valence-corrected chi connectivity index (χ1v) is 11.2. The lowest BCUT2D eigenvalue weighted by molar-refractivity contribution is 0.0475. The summed E-state index contributed by atoms with van der Waals surface area (Å²) in [5, 5.41) is 10.7. The molecule has 0 unspecified atom stereocenters. The molecule has 0 aliphatic carbocycles. The molecule has 3 atom stereocenters. The minimum atomic E-state index is -0.395. The van der Waals surface area contributed by atoms with Crippen LogP contribution in [0.3, 0.4) is 0 Å². The number of hydrogen-bond donors (Lipinski definition) is 1. The second-order valence-corrected chi connectivity index (χ2v) is 9.19. The van der Waals surface area contributed by atoms with Gasteiger partial charge in [0.15, 0.2) is 0 Å². The first-order chi connectivity index (χ1) is 15.0. The molecule has 1 aliphatic rings. The normalized spacial score (nSPS) is 22.4. The second kappa shape index (κ2) is 9.25. The first-order valence-electron chi connectivity index (χ1n) is 11.2. The van der Waals surface area contributed by atoms with Crippen molar-refractivity contribution in [1.29, 1.82) is 0 Å². The van der Waals surface area contributed by atoms with Crippen LogP contribution >= 0.6 is 0 Å². The van der Waals surface area contributed by atoms with Crippen LogP contribution in [0.5, 0.6) is 5.75 Å². The van der Waals surface area contributed by atoms with Crippen molar-refractivity contribution in [2.24, 2.45) is 5.41 Å². The zero-order valence-electron chi connectivity index (χ0n) is 18.8. The molecule has 0 spiro atoms. The van der Waals surface area contributed by atoms with Crippen molar-refractivity contribution in [2.45, 2.75) is 45.9 Å². The Bertz CT molecular complexity index is 986. The van der Waals surface area contributed by atoms with Crippen molar-refractivity contribution < 1.29 is 9.84 Å². The van der Waals surface area contributed by atoms with Crippen LogP contribution in [-0.4, -0.2) is 29.2 Å². The molecule has 162 valence electrons. The van der Waals surface area contributed by atoms with Gasteiger partial charge in [-0.25, -0.2) is 0 Å². The number of hydrogen-bond acceptors (Lipinski definition) is 3. The highest BCUT2D eigenvalue weighted by Crippen LogP contribution is 2.46. The van der Waals surface area contributed by atoms with Crippen molar-refractivity contribution in [1.82, 2.24) is 4.90 Å². The quantitative estimate of drug-likeness (QED) is 0.548. The van der Waals surface area contributed by atoms with Gasteiger partial charge < -0.3 is 9.84 Å². The van der Waals surface area contributed by atoms with Crippen molar-refractivity contribution in [3.8, 4) is 5.75 Å². The molecule has 1 aliphatic heterocycles. The van der Waals surface area contributed by atoms with Crippen molar-refractivity contribution in [3.63, 3.8) is 0 Å². The van der Waals surface area contributed by atoms with Crippen molar-refractivity contribution >= 4 is 0 Å². The summed E-state index contributed by atoms with van der Waals surface area (Å²) >= 11 is 0. The van der Waals surface area contributed by atoms with Gasteiger partial charge in [0.2, 0.25) is 0 Å². The maximum Gasteiger partial charge on any atom is 0.123 e. The third-order valence-electron chi connectivity index (χ3n) is 6.86. The highest BCUT2D eigenvalue weighted by molar-refractivity contribution is 5.40. The molecule has 0 saturated carbocycles. The van der Waals surface area contributed by atoms with Crippen LogP contribution in [-0.2, 0) is 13.2 Å². The summed E-state index contributed by atoms with van der Waals surface area (Å²) in [7, 11) is 0. The van der Waals surface area contributed by atoms with Crippen LogP contribution in [0.25, 0.3) is 0 Å². The van der Waals surface area contributed by atoms with E-state index in [4.69, 9.17) is 4.74 Å². The molecule has 1 saturated heterocycles. The lowest BCUT2D eigenvalue weighted by atomic mass is 9.72. The molecule has 1 heterocycles. The average Bonchev–Trinajstić information content (AvgIpc) is 3.12. The van der Waals surface area contributed by atoms with Gasteiger partial charge in [0.1, 0.15) is 12.4 Å². The van der Waals surface area contributed by atoms with Gasteiger partial charge in [-0.2, -0.15) is 0 Å². The summed E-state index contributed by atoms with van der Waals surface area (Å²) in [6.45, 7) is 9.51. The third kappa shape index (κ3) is 4.84. The van der Waals surface area contributed by atoms with Gasteiger partial charge in [-0.1, -0.05) is 79.7 Å². The summed E-state index contributed by atoms with van der Waals surface area (Å²) in [4.78, 5) is 2.47. The Balaban J connectivity index is 1.55. The Kier molecular flexibility index (Phi) is 6.45. The maximum atomic E-state index is 10.7. The predicted molar refractivity (Wildman–Crippen MR) is 126 cm³/mol. The summed E-state index contributed by atoms with van der Waals surface area (Å²) < 4.78 is 6.20. The summed E-state index contributed by atoms with van der Waals surface area (Å²) in [6.07, 6.45) is -0.395. The number of rotatable bonds is 7. The zero-order valence-corrected chi connectivity index (χ0v) is 18.8. The van der Waals surface area contributed by atoms with Gasteiger partial charge in [-0.05, 0) is 42.2 Å². The van der Waals surface area contributed by atoms with E-state index in [1.54, 1.807) is 0 Å². The lowest BCUT2D eigenvalue weighted by Gasteiger charge is -2.34. The first kappa shape index (κ1) is 21.6. The SMILES string of the molecule is Cc1ccc([C@@H]2CN(Cc3ccccc3)C[C@@]2(C)[C@@H](C)O)cc1OCc1ccccc1. The van der Waals surface area contributed by atoms with E-state index < -0.39 is 6.10 Å². The Labute approximate surface area is 186 Å². The van der Waals surface area contributed by atoms with Gasteiger partial charge in [-0.3, -0.25) is 4.90 Å². The minimum absolute atomic E-state index is 0.208. The molecule has 0 bridgehead atoms. The van der Waals surface area contributed by atoms with E-state index in [9.17, 15) is 5.11 Å². The van der Waals surface area contributed by atoms with E-state index in [0.29, 0.717) is 6.61 Å². The van der Waals surface area contributed by atoms with Crippen LogP contribution in [0.2, 0.25) is 0 Å². The van der Waals surface area contributed by atoms with Crippen molar-refractivity contribution in [3.05, 3.63) is 101 Å². The molecule has 0 aromatic heterocycles. The van der Waals surface area contributed by atoms with Crippen LogP contribution in [0, 0.1) is 12.3 Å². The lowest BCUT2D eigenvalue weighted by Crippen LogP contribution is -2.37. The molecular formula is C28H33NO2. The van der Waals surface area contributed by atoms with Gasteiger partial charge in [0, 0.05) is 31.0 Å². The Morgan fingerprint density at radius 2 is 1.65 bits per heavy atom.